The molecule has 0 N–H and O–H groups in total. The van der Waals surface area contributed by atoms with Crippen molar-refractivity contribution in [3.8, 4) is 23.0 Å². The summed E-state index contributed by atoms with van der Waals surface area (Å²) in [6.07, 6.45) is 2.68. The fraction of sp³-hybridized carbons (Fsp3) is 0.344. The first-order chi connectivity index (χ1) is 19.0. The first-order valence-electron chi connectivity index (χ1n) is 13.3. The third-order valence-electron chi connectivity index (χ3n) is 7.60. The van der Waals surface area contributed by atoms with E-state index in [-0.39, 0.29) is 0 Å². The zero-order chi connectivity index (χ0) is 27.4. The molecule has 0 radical (unpaired) electrons. The Morgan fingerprint density at radius 2 is 1.36 bits per heavy atom. The molecule has 3 aromatic carbocycles. The Hall–Kier alpha value is -3.97. The van der Waals surface area contributed by atoms with E-state index in [1.165, 1.54) is 16.8 Å². The summed E-state index contributed by atoms with van der Waals surface area (Å²) in [7, 11) is 6.65. The second-order valence-corrected chi connectivity index (χ2v) is 9.90. The van der Waals surface area contributed by atoms with Crippen molar-refractivity contribution in [2.75, 3.05) is 59.5 Å². The fourth-order valence-electron chi connectivity index (χ4n) is 5.44. The molecule has 0 spiro atoms. The lowest BCUT2D eigenvalue weighted by atomic mass is 9.99. The van der Waals surface area contributed by atoms with E-state index in [4.69, 9.17) is 23.9 Å². The van der Waals surface area contributed by atoms with Gasteiger partial charge >= 0.3 is 0 Å². The summed E-state index contributed by atoms with van der Waals surface area (Å²) in [5.41, 5.74) is 5.92. The number of para-hydroxylation sites is 1. The van der Waals surface area contributed by atoms with Crippen molar-refractivity contribution >= 4 is 16.5 Å². The lowest BCUT2D eigenvalue weighted by Gasteiger charge is -2.37. The number of hydrogen-bond donors (Lipinski definition) is 0. The van der Waals surface area contributed by atoms with Crippen LogP contribution in [0.4, 0.5) is 5.69 Å². The van der Waals surface area contributed by atoms with Gasteiger partial charge in [-0.05, 0) is 59.3 Å². The Balaban J connectivity index is 1.43. The Morgan fingerprint density at radius 3 is 2.03 bits per heavy atom. The lowest BCUT2D eigenvalue weighted by molar-refractivity contribution is 0.250. The molecular formula is C32H37N3O4. The minimum absolute atomic E-state index is 0.654. The maximum absolute atomic E-state index is 5.68. The highest BCUT2D eigenvalue weighted by Crippen LogP contribution is 2.36. The zero-order valence-electron chi connectivity index (χ0n) is 23.5. The van der Waals surface area contributed by atoms with Crippen LogP contribution in [-0.4, -0.2) is 64.5 Å². The Labute approximate surface area is 230 Å². The normalized spacial score (nSPS) is 13.9. The summed E-state index contributed by atoms with van der Waals surface area (Å²) in [6, 6.07) is 18.8. The average Bonchev–Trinajstić information content (AvgIpc) is 2.98. The van der Waals surface area contributed by atoms with Crippen LogP contribution in [0, 0.1) is 6.92 Å². The maximum atomic E-state index is 5.68. The molecule has 1 aliphatic heterocycles. The number of nitrogens with zero attached hydrogens (tertiary/aromatic N) is 3. The van der Waals surface area contributed by atoms with Gasteiger partial charge in [-0.15, -0.1) is 0 Å². The molecule has 0 unspecified atom stereocenters. The van der Waals surface area contributed by atoms with E-state index in [2.05, 4.69) is 59.2 Å². The van der Waals surface area contributed by atoms with Crippen LogP contribution in [-0.2, 0) is 13.0 Å². The molecule has 7 nitrogen and oxygen atoms in total. The number of aryl methyl sites for hydroxylation is 1. The van der Waals surface area contributed by atoms with E-state index in [0.717, 1.165) is 60.5 Å². The number of ether oxygens (including phenoxy) is 4. The van der Waals surface area contributed by atoms with Crippen LogP contribution in [0.3, 0.4) is 0 Å². The molecule has 204 valence electrons. The summed E-state index contributed by atoms with van der Waals surface area (Å²) >= 11 is 0. The Bertz CT molecular complexity index is 1450. The molecule has 4 aromatic rings. The number of methoxy groups -OCH3 is 4. The molecule has 1 saturated heterocycles. The van der Waals surface area contributed by atoms with Gasteiger partial charge < -0.3 is 23.8 Å². The topological polar surface area (TPSA) is 56.3 Å². The summed E-state index contributed by atoms with van der Waals surface area (Å²) in [5.74, 6) is 2.84. The third kappa shape index (κ3) is 5.59. The van der Waals surface area contributed by atoms with E-state index >= 15 is 0 Å². The average molecular weight is 528 g/mol. The van der Waals surface area contributed by atoms with Crippen molar-refractivity contribution in [3.05, 3.63) is 83.2 Å². The quantitative estimate of drug-likeness (QED) is 0.285. The van der Waals surface area contributed by atoms with Crippen molar-refractivity contribution < 1.29 is 18.9 Å². The van der Waals surface area contributed by atoms with Gasteiger partial charge in [-0.3, -0.25) is 9.88 Å². The van der Waals surface area contributed by atoms with E-state index in [9.17, 15) is 0 Å². The maximum Gasteiger partial charge on any atom is 0.161 e. The zero-order valence-corrected chi connectivity index (χ0v) is 23.5. The summed E-state index contributed by atoms with van der Waals surface area (Å²) in [5, 5.41) is 2.21. The van der Waals surface area contributed by atoms with Crippen molar-refractivity contribution in [3.63, 3.8) is 0 Å². The molecule has 1 aliphatic rings. The second kappa shape index (κ2) is 11.8. The van der Waals surface area contributed by atoms with Crippen LogP contribution >= 0.6 is 0 Å². The first kappa shape index (κ1) is 26.6. The van der Waals surface area contributed by atoms with Crippen molar-refractivity contribution in [1.29, 1.82) is 0 Å². The lowest BCUT2D eigenvalue weighted by Crippen LogP contribution is -2.46. The number of anilines is 1. The predicted octanol–water partition coefficient (Wildman–Crippen LogP) is 5.49. The number of rotatable bonds is 9. The molecule has 0 bridgehead atoms. The standard InChI is InChI=1S/C32H37N3O4/c1-22-8-6-7-9-28(22)35-14-12-34(13-15-35)21-24-20-33-27(16-23-10-11-29(36-2)30(17-23)37-3)26-19-32(39-5)31(38-4)18-25(24)26/h6-11,17-20H,12-16,21H2,1-5H3. The molecule has 0 atom stereocenters. The summed E-state index contributed by atoms with van der Waals surface area (Å²) < 4.78 is 22.3. The first-order valence-corrected chi connectivity index (χ1v) is 13.3. The van der Waals surface area contributed by atoms with Crippen molar-refractivity contribution in [2.24, 2.45) is 0 Å². The van der Waals surface area contributed by atoms with Gasteiger partial charge in [0.25, 0.3) is 0 Å². The largest absolute Gasteiger partial charge is 0.493 e. The predicted molar refractivity (Wildman–Crippen MR) is 156 cm³/mol. The molecule has 0 aliphatic carbocycles. The van der Waals surface area contributed by atoms with Gasteiger partial charge in [0.05, 0.1) is 34.1 Å². The van der Waals surface area contributed by atoms with Crippen LogP contribution in [0.2, 0.25) is 0 Å². The number of aromatic nitrogens is 1. The molecule has 1 fully saturated rings. The number of hydrogen-bond acceptors (Lipinski definition) is 7. The molecule has 39 heavy (non-hydrogen) atoms. The van der Waals surface area contributed by atoms with Gasteiger partial charge in [-0.25, -0.2) is 0 Å². The van der Waals surface area contributed by atoms with Crippen LogP contribution in [0.15, 0.2) is 60.8 Å². The van der Waals surface area contributed by atoms with Crippen LogP contribution < -0.4 is 23.8 Å². The molecule has 2 heterocycles. The van der Waals surface area contributed by atoms with Crippen LogP contribution in [0.1, 0.15) is 22.4 Å². The fourth-order valence-corrected chi connectivity index (χ4v) is 5.44. The van der Waals surface area contributed by atoms with Crippen molar-refractivity contribution in [1.82, 2.24) is 9.88 Å². The molecule has 5 rings (SSSR count). The number of benzene rings is 3. The Morgan fingerprint density at radius 1 is 0.718 bits per heavy atom. The van der Waals surface area contributed by atoms with Gasteiger partial charge in [0, 0.05) is 56.4 Å². The van der Waals surface area contributed by atoms with E-state index in [1.54, 1.807) is 28.4 Å². The second-order valence-electron chi connectivity index (χ2n) is 9.90. The monoisotopic (exact) mass is 527 g/mol. The SMILES string of the molecule is COc1ccc(Cc2ncc(CN3CCN(c4ccccc4C)CC3)c3cc(OC)c(OC)cc23)cc1OC. The highest BCUT2D eigenvalue weighted by Gasteiger charge is 2.21. The van der Waals surface area contributed by atoms with Crippen LogP contribution in [0.25, 0.3) is 10.8 Å². The van der Waals surface area contributed by atoms with E-state index in [1.807, 2.05) is 18.3 Å². The molecule has 0 amide bonds. The summed E-state index contributed by atoms with van der Waals surface area (Å²) in [6.45, 7) is 7.02. The smallest absolute Gasteiger partial charge is 0.161 e. The van der Waals surface area contributed by atoms with Crippen LogP contribution in [0.5, 0.6) is 23.0 Å². The van der Waals surface area contributed by atoms with Gasteiger partial charge in [-0.1, -0.05) is 24.3 Å². The van der Waals surface area contributed by atoms with E-state index < -0.39 is 0 Å². The van der Waals surface area contributed by atoms with Crippen molar-refractivity contribution in [2.45, 2.75) is 19.9 Å². The minimum Gasteiger partial charge on any atom is -0.493 e. The van der Waals surface area contributed by atoms with Gasteiger partial charge in [0.1, 0.15) is 0 Å². The summed E-state index contributed by atoms with van der Waals surface area (Å²) in [4.78, 5) is 9.96. The molecule has 7 heteroatoms. The van der Waals surface area contributed by atoms with E-state index in [0.29, 0.717) is 23.7 Å². The molecule has 1 aromatic heterocycles. The molecular weight excluding hydrogens is 490 g/mol. The minimum atomic E-state index is 0.654. The Kier molecular flexibility index (Phi) is 8.07. The third-order valence-corrected chi connectivity index (χ3v) is 7.60. The number of pyridine rings is 1. The van der Waals surface area contributed by atoms with Gasteiger partial charge in [-0.2, -0.15) is 0 Å². The van der Waals surface area contributed by atoms with Gasteiger partial charge in [0.15, 0.2) is 23.0 Å². The van der Waals surface area contributed by atoms with Gasteiger partial charge in [0.2, 0.25) is 0 Å². The molecule has 0 saturated carbocycles. The number of piperazine rings is 1. The number of fused-ring (bicyclic) bond motifs is 1. The highest BCUT2D eigenvalue weighted by atomic mass is 16.5. The highest BCUT2D eigenvalue weighted by molar-refractivity contribution is 5.91.